The van der Waals surface area contributed by atoms with Gasteiger partial charge in [0.2, 0.25) is 10.0 Å². The van der Waals surface area contributed by atoms with Gasteiger partial charge in [-0.15, -0.1) is 0 Å². The molecule has 3 N–H and O–H groups in total. The highest BCUT2D eigenvalue weighted by Crippen LogP contribution is 2.30. The maximum Gasteiger partial charge on any atom is 0.337 e. The van der Waals surface area contributed by atoms with Crippen LogP contribution < -0.4 is 5.73 Å². The normalized spacial score (nSPS) is 23.9. The van der Waals surface area contributed by atoms with Crippen LogP contribution in [0.15, 0.2) is 23.1 Å². The van der Waals surface area contributed by atoms with Crippen molar-refractivity contribution in [3.8, 4) is 0 Å². The number of anilines is 1. The van der Waals surface area contributed by atoms with Gasteiger partial charge in [-0.1, -0.05) is 6.92 Å². The maximum absolute atomic E-state index is 12.8. The number of carboxylic acids is 1. The Morgan fingerprint density at radius 2 is 2.05 bits per heavy atom. The molecule has 2 atom stereocenters. The van der Waals surface area contributed by atoms with Crippen LogP contribution in [0.25, 0.3) is 0 Å². The smallest absolute Gasteiger partial charge is 0.337 e. The van der Waals surface area contributed by atoms with Gasteiger partial charge in [-0.3, -0.25) is 0 Å². The number of carbonyl (C=O) groups is 1. The summed E-state index contributed by atoms with van der Waals surface area (Å²) in [6.45, 7) is 4.34. The lowest BCUT2D eigenvalue weighted by Crippen LogP contribution is -2.44. The van der Waals surface area contributed by atoms with Crippen molar-refractivity contribution >= 4 is 21.7 Å². The van der Waals surface area contributed by atoms with E-state index in [0.717, 1.165) is 12.8 Å². The minimum absolute atomic E-state index is 0.151. The van der Waals surface area contributed by atoms with Crippen molar-refractivity contribution in [2.45, 2.75) is 37.6 Å². The van der Waals surface area contributed by atoms with Gasteiger partial charge in [-0.2, -0.15) is 4.31 Å². The Labute approximate surface area is 124 Å². The number of carboxylic acid groups (broad SMARTS) is 1. The predicted octanol–water partition coefficient (Wildman–Crippen LogP) is 1.78. The van der Waals surface area contributed by atoms with Gasteiger partial charge in [-0.25, -0.2) is 13.2 Å². The minimum atomic E-state index is -3.86. The van der Waals surface area contributed by atoms with Crippen molar-refractivity contribution in [2.75, 3.05) is 12.3 Å². The van der Waals surface area contributed by atoms with Crippen molar-refractivity contribution in [1.82, 2.24) is 4.31 Å². The fourth-order valence-electron chi connectivity index (χ4n) is 2.80. The Morgan fingerprint density at radius 3 is 2.62 bits per heavy atom. The van der Waals surface area contributed by atoms with Gasteiger partial charge in [0.1, 0.15) is 0 Å². The van der Waals surface area contributed by atoms with E-state index in [1.807, 2.05) is 6.92 Å². The zero-order valence-corrected chi connectivity index (χ0v) is 12.9. The van der Waals surface area contributed by atoms with E-state index < -0.39 is 16.0 Å². The predicted molar refractivity (Wildman–Crippen MR) is 79.6 cm³/mol. The number of hydrogen-bond donors (Lipinski definition) is 2. The third kappa shape index (κ3) is 3.03. The molecule has 0 saturated carbocycles. The second-order valence-electron chi connectivity index (χ2n) is 5.66. The molecule has 0 radical (unpaired) electrons. The molecule has 0 bridgehead atoms. The highest BCUT2D eigenvalue weighted by atomic mass is 32.2. The van der Waals surface area contributed by atoms with Crippen LogP contribution in [-0.2, 0) is 10.0 Å². The number of nitrogens with two attached hydrogens (primary N) is 1. The van der Waals surface area contributed by atoms with E-state index in [1.165, 1.54) is 22.5 Å². The molecule has 1 fully saturated rings. The summed E-state index contributed by atoms with van der Waals surface area (Å²) in [7, 11) is -3.86. The van der Waals surface area contributed by atoms with Gasteiger partial charge >= 0.3 is 5.97 Å². The molecule has 1 aliphatic heterocycles. The minimum Gasteiger partial charge on any atom is -0.478 e. The van der Waals surface area contributed by atoms with E-state index >= 15 is 0 Å². The van der Waals surface area contributed by atoms with Crippen LogP contribution in [0.3, 0.4) is 0 Å². The molecule has 2 unspecified atom stereocenters. The topological polar surface area (TPSA) is 101 Å². The second-order valence-corrected chi connectivity index (χ2v) is 7.51. The molecule has 0 amide bonds. The second kappa shape index (κ2) is 5.65. The Bertz CT molecular complexity index is 657. The molecule has 1 heterocycles. The number of sulfonamides is 1. The van der Waals surface area contributed by atoms with Crippen molar-refractivity contribution in [3.63, 3.8) is 0 Å². The largest absolute Gasteiger partial charge is 0.478 e. The standard InChI is InChI=1S/C14H20N2O4S/c1-9-5-6-16(10(2)7-9)21(19,20)13-8-11(15)3-4-12(13)14(17)18/h3-4,8-10H,5-7,15H2,1-2H3,(H,17,18). The summed E-state index contributed by atoms with van der Waals surface area (Å²) in [5.41, 5.74) is 5.63. The lowest BCUT2D eigenvalue weighted by atomic mass is 9.95. The summed E-state index contributed by atoms with van der Waals surface area (Å²) in [4.78, 5) is 11.0. The van der Waals surface area contributed by atoms with E-state index in [4.69, 9.17) is 5.73 Å². The Hall–Kier alpha value is -1.60. The molecular formula is C14H20N2O4S. The summed E-state index contributed by atoms with van der Waals surface area (Å²) >= 11 is 0. The summed E-state index contributed by atoms with van der Waals surface area (Å²) in [5, 5.41) is 9.20. The molecule has 1 aromatic rings. The maximum atomic E-state index is 12.8. The van der Waals surface area contributed by atoms with Gasteiger partial charge in [0.25, 0.3) is 0 Å². The molecule has 6 nitrogen and oxygen atoms in total. The Balaban J connectivity index is 2.49. The van der Waals surface area contributed by atoms with Crippen LogP contribution >= 0.6 is 0 Å². The van der Waals surface area contributed by atoms with Crippen molar-refractivity contribution < 1.29 is 18.3 Å². The number of nitrogen functional groups attached to an aromatic ring is 1. The van der Waals surface area contributed by atoms with Crippen molar-refractivity contribution in [2.24, 2.45) is 5.92 Å². The first-order valence-corrected chi connectivity index (χ1v) is 8.32. The summed E-state index contributed by atoms with van der Waals surface area (Å²) in [6, 6.07) is 3.71. The van der Waals surface area contributed by atoms with E-state index in [1.54, 1.807) is 0 Å². The molecule has 2 rings (SSSR count). The van der Waals surface area contributed by atoms with E-state index in [-0.39, 0.29) is 22.2 Å². The molecule has 21 heavy (non-hydrogen) atoms. The average Bonchev–Trinajstić information content (AvgIpc) is 2.37. The van der Waals surface area contributed by atoms with Gasteiger partial charge in [-0.05, 0) is 43.9 Å². The first-order chi connectivity index (χ1) is 9.73. The molecule has 116 valence electrons. The van der Waals surface area contributed by atoms with Crippen molar-refractivity contribution in [1.29, 1.82) is 0 Å². The molecule has 1 aliphatic rings. The summed E-state index contributed by atoms with van der Waals surface area (Å²) in [5.74, 6) is -0.808. The SMILES string of the molecule is CC1CCN(S(=O)(=O)c2cc(N)ccc2C(=O)O)C(C)C1. The third-order valence-electron chi connectivity index (χ3n) is 3.90. The zero-order valence-electron chi connectivity index (χ0n) is 12.1. The average molecular weight is 312 g/mol. The van der Waals surface area contributed by atoms with Crippen LogP contribution in [0.4, 0.5) is 5.69 Å². The van der Waals surface area contributed by atoms with E-state index in [9.17, 15) is 18.3 Å². The first-order valence-electron chi connectivity index (χ1n) is 6.88. The van der Waals surface area contributed by atoms with Gasteiger partial charge in [0.15, 0.2) is 0 Å². The number of benzene rings is 1. The molecule has 1 saturated heterocycles. The van der Waals surface area contributed by atoms with Crippen LogP contribution in [0, 0.1) is 5.92 Å². The number of hydrogen-bond acceptors (Lipinski definition) is 4. The van der Waals surface area contributed by atoms with Crippen LogP contribution in [-0.4, -0.2) is 36.4 Å². The number of piperidine rings is 1. The molecule has 7 heteroatoms. The third-order valence-corrected chi connectivity index (χ3v) is 5.95. The number of rotatable bonds is 3. The quantitative estimate of drug-likeness (QED) is 0.828. The van der Waals surface area contributed by atoms with E-state index in [2.05, 4.69) is 6.92 Å². The lowest BCUT2D eigenvalue weighted by Gasteiger charge is -2.35. The number of nitrogens with zero attached hydrogens (tertiary/aromatic N) is 1. The fraction of sp³-hybridized carbons (Fsp3) is 0.500. The molecular weight excluding hydrogens is 292 g/mol. The highest BCUT2D eigenvalue weighted by molar-refractivity contribution is 7.89. The Morgan fingerprint density at radius 1 is 1.38 bits per heavy atom. The van der Waals surface area contributed by atoms with Crippen LogP contribution in [0.2, 0.25) is 0 Å². The zero-order chi connectivity index (χ0) is 15.8. The molecule has 0 aromatic heterocycles. The van der Waals surface area contributed by atoms with Crippen LogP contribution in [0.1, 0.15) is 37.0 Å². The fourth-order valence-corrected chi connectivity index (χ4v) is 4.67. The first kappa shape index (κ1) is 15.8. The monoisotopic (exact) mass is 312 g/mol. The summed E-state index contributed by atoms with van der Waals surface area (Å²) < 4.78 is 27.0. The van der Waals surface area contributed by atoms with Gasteiger partial charge < -0.3 is 10.8 Å². The van der Waals surface area contributed by atoms with Crippen LogP contribution in [0.5, 0.6) is 0 Å². The highest BCUT2D eigenvalue weighted by Gasteiger charge is 2.35. The van der Waals surface area contributed by atoms with Gasteiger partial charge in [0.05, 0.1) is 10.5 Å². The van der Waals surface area contributed by atoms with Gasteiger partial charge in [0, 0.05) is 18.3 Å². The number of aromatic carboxylic acids is 1. The molecule has 1 aromatic carbocycles. The lowest BCUT2D eigenvalue weighted by molar-refractivity contribution is 0.0692. The molecule has 0 aliphatic carbocycles. The summed E-state index contributed by atoms with van der Waals surface area (Å²) in [6.07, 6.45) is 1.54. The van der Waals surface area contributed by atoms with Crippen molar-refractivity contribution in [3.05, 3.63) is 23.8 Å². The molecule has 0 spiro atoms. The van der Waals surface area contributed by atoms with E-state index in [0.29, 0.717) is 12.5 Å². The Kier molecular flexibility index (Phi) is 4.25.